The van der Waals surface area contributed by atoms with Crippen molar-refractivity contribution in [3.05, 3.63) is 95.6 Å². The van der Waals surface area contributed by atoms with Crippen LogP contribution in [0, 0.1) is 0 Å². The molecule has 7 nitrogen and oxygen atoms in total. The molecule has 3 rings (SSSR count). The van der Waals surface area contributed by atoms with E-state index in [0.717, 1.165) is 28.2 Å². The van der Waals surface area contributed by atoms with Crippen molar-refractivity contribution in [1.29, 1.82) is 0 Å². The molecule has 182 valence electrons. The molecule has 35 heavy (non-hydrogen) atoms. The molecule has 0 aromatic heterocycles. The lowest BCUT2D eigenvalue weighted by molar-refractivity contribution is -0.123. The Hall–Kier alpha value is -3.78. The van der Waals surface area contributed by atoms with E-state index < -0.39 is 0 Å². The Bertz CT molecular complexity index is 1100. The normalized spacial score (nSPS) is 11.6. The number of hydrogen-bond acceptors (Lipinski definition) is 6. The molecule has 0 heterocycles. The van der Waals surface area contributed by atoms with Crippen molar-refractivity contribution in [2.75, 3.05) is 19.5 Å². The highest BCUT2D eigenvalue weighted by molar-refractivity contribution is 7.99. The van der Waals surface area contributed by atoms with E-state index in [0.29, 0.717) is 11.5 Å². The zero-order chi connectivity index (χ0) is 24.9. The van der Waals surface area contributed by atoms with E-state index in [1.807, 2.05) is 61.5 Å². The van der Waals surface area contributed by atoms with E-state index in [-0.39, 0.29) is 24.5 Å². The van der Waals surface area contributed by atoms with E-state index >= 15 is 0 Å². The molecule has 0 radical (unpaired) electrons. The summed E-state index contributed by atoms with van der Waals surface area (Å²) in [5.74, 6) is 2.05. The van der Waals surface area contributed by atoms with Crippen LogP contribution < -0.4 is 20.2 Å². The first-order valence-electron chi connectivity index (χ1n) is 11.1. The minimum atomic E-state index is -0.195. The molecule has 0 spiro atoms. The number of nitrogens with zero attached hydrogens (tertiary/aromatic N) is 1. The van der Waals surface area contributed by atoms with Gasteiger partial charge in [-0.25, -0.2) is 5.43 Å². The number of hydrazone groups is 1. The van der Waals surface area contributed by atoms with Gasteiger partial charge in [0, 0.05) is 5.75 Å². The lowest BCUT2D eigenvalue weighted by atomic mass is 10.1. The maximum atomic E-state index is 12.1. The molecule has 0 fully saturated rings. The number of methoxy groups -OCH3 is 1. The number of carbonyl (C=O) groups is 2. The highest BCUT2D eigenvalue weighted by atomic mass is 32.2. The Kier molecular flexibility index (Phi) is 10.2. The second-order valence-electron chi connectivity index (χ2n) is 7.69. The summed E-state index contributed by atoms with van der Waals surface area (Å²) in [6, 6.07) is 24.5. The fourth-order valence-electron chi connectivity index (χ4n) is 3.10. The van der Waals surface area contributed by atoms with E-state index in [1.165, 1.54) is 11.8 Å². The third kappa shape index (κ3) is 9.17. The van der Waals surface area contributed by atoms with Crippen LogP contribution in [-0.2, 0) is 15.3 Å². The number of rotatable bonds is 12. The quantitative estimate of drug-likeness (QED) is 0.291. The lowest BCUT2D eigenvalue weighted by Gasteiger charge is -2.14. The molecule has 1 atom stereocenters. The Morgan fingerprint density at radius 3 is 2.31 bits per heavy atom. The van der Waals surface area contributed by atoms with Crippen molar-refractivity contribution >= 4 is 29.8 Å². The number of benzene rings is 3. The molecule has 0 aliphatic rings. The maximum absolute atomic E-state index is 12.1. The summed E-state index contributed by atoms with van der Waals surface area (Å²) in [7, 11) is 1.63. The second kappa shape index (κ2) is 13.8. The van der Waals surface area contributed by atoms with Gasteiger partial charge >= 0.3 is 0 Å². The lowest BCUT2D eigenvalue weighted by Crippen LogP contribution is -2.31. The predicted octanol–water partition coefficient (Wildman–Crippen LogP) is 4.33. The van der Waals surface area contributed by atoms with Crippen LogP contribution in [0.15, 0.2) is 84.0 Å². The van der Waals surface area contributed by atoms with Crippen molar-refractivity contribution in [3.8, 4) is 11.5 Å². The Labute approximate surface area is 209 Å². The van der Waals surface area contributed by atoms with Crippen LogP contribution in [0.2, 0.25) is 0 Å². The molecule has 0 saturated heterocycles. The highest BCUT2D eigenvalue weighted by Gasteiger charge is 2.09. The summed E-state index contributed by atoms with van der Waals surface area (Å²) < 4.78 is 10.7. The highest BCUT2D eigenvalue weighted by Crippen LogP contribution is 2.16. The summed E-state index contributed by atoms with van der Waals surface area (Å²) >= 11 is 1.51. The van der Waals surface area contributed by atoms with Gasteiger partial charge in [0.15, 0.2) is 6.61 Å². The third-order valence-electron chi connectivity index (χ3n) is 4.99. The molecule has 2 amide bonds. The van der Waals surface area contributed by atoms with Gasteiger partial charge in [0.2, 0.25) is 5.91 Å². The molecule has 2 N–H and O–H groups in total. The average molecular weight is 492 g/mol. The summed E-state index contributed by atoms with van der Waals surface area (Å²) in [5, 5.41) is 6.91. The van der Waals surface area contributed by atoms with Crippen LogP contribution in [0.3, 0.4) is 0 Å². The molecule has 3 aromatic carbocycles. The number of amides is 2. The van der Waals surface area contributed by atoms with Gasteiger partial charge in [-0.05, 0) is 60.0 Å². The van der Waals surface area contributed by atoms with Crippen LogP contribution in [-0.4, -0.2) is 37.5 Å². The smallest absolute Gasteiger partial charge is 0.258 e. The van der Waals surface area contributed by atoms with Crippen LogP contribution in [0.25, 0.3) is 0 Å². The summed E-state index contributed by atoms with van der Waals surface area (Å²) in [4.78, 5) is 24.1. The summed E-state index contributed by atoms with van der Waals surface area (Å²) in [5.41, 5.74) is 5.48. The van der Waals surface area contributed by atoms with Crippen molar-refractivity contribution in [3.63, 3.8) is 0 Å². The first-order valence-corrected chi connectivity index (χ1v) is 12.3. The minimum Gasteiger partial charge on any atom is -0.497 e. The number of carbonyl (C=O) groups excluding carboxylic acids is 2. The predicted molar refractivity (Wildman–Crippen MR) is 140 cm³/mol. The maximum Gasteiger partial charge on any atom is 0.258 e. The van der Waals surface area contributed by atoms with Crippen molar-refractivity contribution < 1.29 is 19.1 Å². The Morgan fingerprint density at radius 1 is 0.943 bits per heavy atom. The number of ether oxygens (including phenoxy) is 2. The van der Waals surface area contributed by atoms with Crippen molar-refractivity contribution in [2.45, 2.75) is 18.7 Å². The molecular formula is C27H29N3O4S. The SMILES string of the molecule is COc1ccc(CSCC(=O)N/N=C\c2ccc(OCC(=O)N[C@H](C)c3ccccc3)cc2)cc1. The number of hydrogen-bond donors (Lipinski definition) is 2. The molecule has 0 bridgehead atoms. The summed E-state index contributed by atoms with van der Waals surface area (Å²) in [6.45, 7) is 1.86. The van der Waals surface area contributed by atoms with Crippen LogP contribution in [0.4, 0.5) is 0 Å². The molecule has 8 heteroatoms. The Balaban J connectivity index is 1.34. The van der Waals surface area contributed by atoms with E-state index in [1.54, 1.807) is 37.6 Å². The van der Waals surface area contributed by atoms with Gasteiger partial charge in [-0.15, -0.1) is 11.8 Å². The van der Waals surface area contributed by atoms with E-state index in [4.69, 9.17) is 9.47 Å². The first-order chi connectivity index (χ1) is 17.0. The topological polar surface area (TPSA) is 89.0 Å². The standard InChI is InChI=1S/C27H29N3O4S/c1-20(23-6-4-3-5-7-23)29-26(31)17-34-25-14-8-21(9-15-25)16-28-30-27(32)19-35-18-22-10-12-24(33-2)13-11-22/h3-16,20H,17-19H2,1-2H3,(H,29,31)(H,30,32)/b28-16-/t20-/m1/s1. The van der Waals surface area contributed by atoms with Gasteiger partial charge in [0.25, 0.3) is 5.91 Å². The van der Waals surface area contributed by atoms with Gasteiger partial charge < -0.3 is 14.8 Å². The fraction of sp³-hybridized carbons (Fsp3) is 0.222. The average Bonchev–Trinajstić information content (AvgIpc) is 2.89. The second-order valence-corrected chi connectivity index (χ2v) is 8.68. The third-order valence-corrected chi connectivity index (χ3v) is 5.99. The van der Waals surface area contributed by atoms with Gasteiger partial charge in [0.05, 0.1) is 25.1 Å². The molecular weight excluding hydrogens is 462 g/mol. The molecule has 0 saturated carbocycles. The van der Waals surface area contributed by atoms with E-state index in [9.17, 15) is 9.59 Å². The van der Waals surface area contributed by atoms with Gasteiger partial charge in [-0.3, -0.25) is 9.59 Å². The molecule has 0 aliphatic carbocycles. The molecule has 0 aliphatic heterocycles. The van der Waals surface area contributed by atoms with Crippen LogP contribution in [0.5, 0.6) is 11.5 Å². The monoisotopic (exact) mass is 491 g/mol. The van der Waals surface area contributed by atoms with Gasteiger partial charge in [0.1, 0.15) is 11.5 Å². The fourth-order valence-corrected chi connectivity index (χ4v) is 3.88. The van der Waals surface area contributed by atoms with Gasteiger partial charge in [-0.2, -0.15) is 5.10 Å². The molecule has 3 aromatic rings. The Morgan fingerprint density at radius 2 is 1.63 bits per heavy atom. The zero-order valence-corrected chi connectivity index (χ0v) is 20.6. The number of nitrogens with one attached hydrogen (secondary N) is 2. The van der Waals surface area contributed by atoms with Gasteiger partial charge in [-0.1, -0.05) is 42.5 Å². The largest absolute Gasteiger partial charge is 0.497 e. The number of thioether (sulfide) groups is 1. The van der Waals surface area contributed by atoms with Crippen LogP contribution in [0.1, 0.15) is 29.7 Å². The zero-order valence-electron chi connectivity index (χ0n) is 19.8. The van der Waals surface area contributed by atoms with Crippen molar-refractivity contribution in [2.24, 2.45) is 5.10 Å². The molecule has 0 unspecified atom stereocenters. The first kappa shape index (κ1) is 25.8. The summed E-state index contributed by atoms with van der Waals surface area (Å²) in [6.07, 6.45) is 1.56. The minimum absolute atomic E-state index is 0.0745. The van der Waals surface area contributed by atoms with Crippen molar-refractivity contribution in [1.82, 2.24) is 10.7 Å². The van der Waals surface area contributed by atoms with Crippen LogP contribution >= 0.6 is 11.8 Å². The van der Waals surface area contributed by atoms with E-state index in [2.05, 4.69) is 15.8 Å².